The highest BCUT2D eigenvalue weighted by atomic mass is 16.3. The van der Waals surface area contributed by atoms with Crippen LogP contribution in [-0.2, 0) is 6.42 Å². The molecule has 4 nitrogen and oxygen atoms in total. The molecule has 0 aliphatic carbocycles. The summed E-state index contributed by atoms with van der Waals surface area (Å²) in [6, 6.07) is 2.28. The van der Waals surface area contributed by atoms with Crippen LogP contribution in [0.25, 0.3) is 0 Å². The highest BCUT2D eigenvalue weighted by molar-refractivity contribution is 5.48. The summed E-state index contributed by atoms with van der Waals surface area (Å²) in [6.07, 6.45) is 1.16. The van der Waals surface area contributed by atoms with Gasteiger partial charge in [-0.2, -0.15) is 0 Å². The Kier molecular flexibility index (Phi) is 3.19. The van der Waals surface area contributed by atoms with E-state index in [0.717, 1.165) is 6.42 Å². The molecule has 0 amide bonds. The maximum atomic E-state index is 9.44. The Morgan fingerprint density at radius 3 is 2.14 bits per heavy atom. The van der Waals surface area contributed by atoms with Crippen LogP contribution in [-0.4, -0.2) is 21.4 Å². The van der Waals surface area contributed by atoms with Crippen LogP contribution in [0.2, 0.25) is 0 Å². The van der Waals surface area contributed by atoms with Crippen LogP contribution in [0.5, 0.6) is 17.2 Å². The predicted octanol–water partition coefficient (Wildman–Crippen LogP) is 1.08. The number of phenolic OH excluding ortho intramolecular Hbond substituents is 3. The van der Waals surface area contributed by atoms with E-state index in [1.165, 1.54) is 12.1 Å². The van der Waals surface area contributed by atoms with Gasteiger partial charge in [-0.15, -0.1) is 0 Å². The Labute approximate surface area is 82.6 Å². The monoisotopic (exact) mass is 197 g/mol. The Balaban J connectivity index is 2.96. The number of hydrogen-bond donors (Lipinski definition) is 4. The molecule has 0 heterocycles. The van der Waals surface area contributed by atoms with Gasteiger partial charge in [-0.3, -0.25) is 0 Å². The summed E-state index contributed by atoms with van der Waals surface area (Å²) < 4.78 is 0. The molecule has 1 aromatic rings. The molecule has 78 valence electrons. The molecule has 5 N–H and O–H groups in total. The topological polar surface area (TPSA) is 86.7 Å². The van der Waals surface area contributed by atoms with Gasteiger partial charge in [0.05, 0.1) is 0 Å². The van der Waals surface area contributed by atoms with Crippen LogP contribution < -0.4 is 5.73 Å². The maximum Gasteiger partial charge on any atom is 0.126 e. The number of benzene rings is 1. The minimum absolute atomic E-state index is 0.101. The smallest absolute Gasteiger partial charge is 0.126 e. The molecule has 14 heavy (non-hydrogen) atoms. The van der Waals surface area contributed by atoms with Crippen molar-refractivity contribution in [2.24, 2.45) is 5.73 Å². The van der Waals surface area contributed by atoms with Crippen LogP contribution in [0.1, 0.15) is 18.9 Å². The fourth-order valence-corrected chi connectivity index (χ4v) is 1.24. The highest BCUT2D eigenvalue weighted by Crippen LogP contribution is 2.32. The number of phenols is 3. The molecule has 1 atom stereocenters. The van der Waals surface area contributed by atoms with E-state index in [0.29, 0.717) is 12.0 Å². The van der Waals surface area contributed by atoms with Crippen LogP contribution in [0.3, 0.4) is 0 Å². The highest BCUT2D eigenvalue weighted by Gasteiger charge is 2.12. The Morgan fingerprint density at radius 2 is 1.71 bits per heavy atom. The van der Waals surface area contributed by atoms with Gasteiger partial charge in [0, 0.05) is 23.7 Å². The summed E-state index contributed by atoms with van der Waals surface area (Å²) in [5, 5.41) is 27.9. The van der Waals surface area contributed by atoms with Gasteiger partial charge in [0.25, 0.3) is 0 Å². The van der Waals surface area contributed by atoms with Gasteiger partial charge in [0.15, 0.2) is 0 Å². The summed E-state index contributed by atoms with van der Waals surface area (Å²) >= 11 is 0. The Morgan fingerprint density at radius 1 is 1.21 bits per heavy atom. The first-order valence-corrected chi connectivity index (χ1v) is 4.54. The largest absolute Gasteiger partial charge is 0.508 e. The van der Waals surface area contributed by atoms with Crippen molar-refractivity contribution in [2.45, 2.75) is 25.8 Å². The van der Waals surface area contributed by atoms with Crippen molar-refractivity contribution in [1.29, 1.82) is 0 Å². The van der Waals surface area contributed by atoms with Gasteiger partial charge in [0.2, 0.25) is 0 Å². The van der Waals surface area contributed by atoms with E-state index in [9.17, 15) is 10.2 Å². The Bertz CT molecular complexity index is 302. The summed E-state index contributed by atoms with van der Waals surface area (Å²) in [6.45, 7) is 1.93. The van der Waals surface area contributed by atoms with Crippen LogP contribution in [0.15, 0.2) is 12.1 Å². The summed E-state index contributed by atoms with van der Waals surface area (Å²) in [7, 11) is 0. The quantitative estimate of drug-likeness (QED) is 0.584. The molecule has 0 saturated carbocycles. The summed E-state index contributed by atoms with van der Waals surface area (Å²) in [5.41, 5.74) is 6.08. The lowest BCUT2D eigenvalue weighted by Crippen LogP contribution is -2.21. The van der Waals surface area contributed by atoms with Crippen molar-refractivity contribution in [3.05, 3.63) is 17.7 Å². The first-order chi connectivity index (χ1) is 6.54. The molecular weight excluding hydrogens is 182 g/mol. The third kappa shape index (κ3) is 2.29. The van der Waals surface area contributed by atoms with Gasteiger partial charge < -0.3 is 21.1 Å². The fourth-order valence-electron chi connectivity index (χ4n) is 1.24. The zero-order valence-corrected chi connectivity index (χ0v) is 8.07. The van der Waals surface area contributed by atoms with Crippen molar-refractivity contribution >= 4 is 0 Å². The maximum absolute atomic E-state index is 9.44. The minimum Gasteiger partial charge on any atom is -0.508 e. The average molecular weight is 197 g/mol. The average Bonchev–Trinajstić information content (AvgIpc) is 2.10. The molecular formula is C10H15NO3. The molecule has 4 heteroatoms. The number of nitrogens with two attached hydrogens (primary N) is 1. The molecule has 1 rings (SSSR count). The first-order valence-electron chi connectivity index (χ1n) is 4.54. The van der Waals surface area contributed by atoms with E-state index >= 15 is 0 Å². The number of hydrogen-bond acceptors (Lipinski definition) is 4. The molecule has 0 spiro atoms. The third-order valence-corrected chi connectivity index (χ3v) is 2.18. The van der Waals surface area contributed by atoms with Crippen molar-refractivity contribution < 1.29 is 15.3 Å². The first kappa shape index (κ1) is 10.7. The van der Waals surface area contributed by atoms with Crippen LogP contribution in [0, 0.1) is 0 Å². The van der Waals surface area contributed by atoms with E-state index < -0.39 is 0 Å². The summed E-state index contributed by atoms with van der Waals surface area (Å²) in [4.78, 5) is 0. The Hall–Kier alpha value is -1.42. The zero-order chi connectivity index (χ0) is 10.7. The standard InChI is InChI=1S/C10H15NO3/c1-2-6(11)3-8-9(13)4-7(12)5-10(8)14/h4-6,12-14H,2-3,11H2,1H3. The van der Waals surface area contributed by atoms with Gasteiger partial charge in [-0.05, 0) is 12.8 Å². The number of rotatable bonds is 3. The minimum atomic E-state index is -0.159. The zero-order valence-electron chi connectivity index (χ0n) is 8.07. The van der Waals surface area contributed by atoms with Gasteiger partial charge in [-0.25, -0.2) is 0 Å². The predicted molar refractivity (Wildman–Crippen MR) is 53.4 cm³/mol. The lowest BCUT2D eigenvalue weighted by molar-refractivity contribution is 0.415. The van der Waals surface area contributed by atoms with Crippen LogP contribution >= 0.6 is 0 Å². The fraction of sp³-hybridized carbons (Fsp3) is 0.400. The molecule has 0 aliphatic heterocycles. The van der Waals surface area contributed by atoms with Gasteiger partial charge >= 0.3 is 0 Å². The number of aromatic hydroxyl groups is 3. The van der Waals surface area contributed by atoms with E-state index in [2.05, 4.69) is 0 Å². The third-order valence-electron chi connectivity index (χ3n) is 2.18. The van der Waals surface area contributed by atoms with Crippen molar-refractivity contribution in [3.63, 3.8) is 0 Å². The SMILES string of the molecule is CCC(N)Cc1c(O)cc(O)cc1O. The molecule has 0 bridgehead atoms. The molecule has 1 aromatic carbocycles. The normalized spacial score (nSPS) is 12.7. The van der Waals surface area contributed by atoms with Crippen LogP contribution in [0.4, 0.5) is 0 Å². The van der Waals surface area contributed by atoms with Gasteiger partial charge in [0.1, 0.15) is 17.2 Å². The van der Waals surface area contributed by atoms with E-state index in [4.69, 9.17) is 10.8 Å². The van der Waals surface area contributed by atoms with Crippen molar-refractivity contribution in [2.75, 3.05) is 0 Å². The second-order valence-corrected chi connectivity index (χ2v) is 3.34. The molecule has 0 radical (unpaired) electrons. The lowest BCUT2D eigenvalue weighted by atomic mass is 10.0. The molecule has 1 unspecified atom stereocenters. The molecule has 0 aromatic heterocycles. The molecule has 0 saturated heterocycles. The molecule has 0 fully saturated rings. The lowest BCUT2D eigenvalue weighted by Gasteiger charge is -2.12. The van der Waals surface area contributed by atoms with Gasteiger partial charge in [-0.1, -0.05) is 6.92 Å². The van der Waals surface area contributed by atoms with E-state index in [1.807, 2.05) is 6.92 Å². The second kappa shape index (κ2) is 4.19. The second-order valence-electron chi connectivity index (χ2n) is 3.34. The summed E-state index contributed by atoms with van der Waals surface area (Å²) in [5.74, 6) is -0.397. The van der Waals surface area contributed by atoms with E-state index in [1.54, 1.807) is 0 Å². The van der Waals surface area contributed by atoms with Crippen molar-refractivity contribution in [3.8, 4) is 17.2 Å². The molecule has 0 aliphatic rings. The van der Waals surface area contributed by atoms with E-state index in [-0.39, 0.29) is 23.3 Å². The van der Waals surface area contributed by atoms with Crippen molar-refractivity contribution in [1.82, 2.24) is 0 Å².